The maximum absolute atomic E-state index is 12.9. The smallest absolute Gasteiger partial charge is 0.191 e. The van der Waals surface area contributed by atoms with Crippen LogP contribution in [0, 0.1) is 12.7 Å². The topological polar surface area (TPSA) is 69.5 Å². The Morgan fingerprint density at radius 1 is 1.32 bits per heavy atom. The van der Waals surface area contributed by atoms with Gasteiger partial charge in [0.15, 0.2) is 5.96 Å². The number of hydrogen-bond donors (Lipinski definition) is 3. The molecule has 0 bridgehead atoms. The van der Waals surface area contributed by atoms with Gasteiger partial charge >= 0.3 is 0 Å². The molecule has 0 spiro atoms. The second-order valence-corrected chi connectivity index (χ2v) is 6.38. The lowest BCUT2D eigenvalue weighted by atomic mass is 10.1. The third-order valence-corrected chi connectivity index (χ3v) is 4.18. The molecule has 1 aromatic carbocycles. The minimum Gasteiger partial charge on any atom is -0.386 e. The van der Waals surface area contributed by atoms with Crippen LogP contribution in [0.5, 0.6) is 0 Å². The van der Waals surface area contributed by atoms with Gasteiger partial charge in [-0.3, -0.25) is 4.99 Å². The maximum Gasteiger partial charge on any atom is 0.191 e. The molecule has 5 nitrogen and oxygen atoms in total. The van der Waals surface area contributed by atoms with Crippen molar-refractivity contribution in [1.29, 1.82) is 0 Å². The molecule has 2 aromatic rings. The number of aryl methyl sites for hydroxylation is 1. The Hall–Kier alpha value is -1.26. The third-order valence-electron chi connectivity index (χ3n) is 3.36. The number of nitrogens with one attached hydrogen (secondary N) is 2. The fourth-order valence-corrected chi connectivity index (χ4v) is 2.79. The summed E-state index contributed by atoms with van der Waals surface area (Å²) in [6.07, 6.45) is 0.0529. The van der Waals surface area contributed by atoms with E-state index in [0.717, 1.165) is 23.7 Å². The van der Waals surface area contributed by atoms with Gasteiger partial charge in [-0.05, 0) is 31.5 Å². The summed E-state index contributed by atoms with van der Waals surface area (Å²) < 4.78 is 12.9. The number of thiazole rings is 1. The van der Waals surface area contributed by atoms with E-state index in [4.69, 9.17) is 0 Å². The Bertz CT molecular complexity index is 663. The van der Waals surface area contributed by atoms with Crippen LogP contribution in [-0.2, 0) is 6.42 Å². The van der Waals surface area contributed by atoms with Crippen LogP contribution in [0.15, 0.2) is 34.6 Å². The minimum atomic E-state index is -0.762. The maximum atomic E-state index is 12.9. The molecule has 2 rings (SSSR count). The number of hydrogen-bond acceptors (Lipinski definition) is 4. The second-order valence-electron chi connectivity index (χ2n) is 5.32. The normalized spacial score (nSPS) is 12.4. The van der Waals surface area contributed by atoms with Crippen molar-refractivity contribution in [1.82, 2.24) is 15.6 Å². The number of aliphatic imine (C=N–C) groups is 1. The predicted molar refractivity (Wildman–Crippen MR) is 111 cm³/mol. The van der Waals surface area contributed by atoms with E-state index in [0.29, 0.717) is 18.1 Å². The van der Waals surface area contributed by atoms with Gasteiger partial charge in [0, 0.05) is 24.9 Å². The lowest BCUT2D eigenvalue weighted by molar-refractivity contribution is 0.187. The molecule has 138 valence electrons. The highest BCUT2D eigenvalue weighted by atomic mass is 127. The summed E-state index contributed by atoms with van der Waals surface area (Å²) in [6.45, 7) is 5.62. The molecular weight excluding hydrogens is 454 g/mol. The summed E-state index contributed by atoms with van der Waals surface area (Å²) >= 11 is 1.64. The van der Waals surface area contributed by atoms with Crippen LogP contribution in [0.4, 0.5) is 4.39 Å². The van der Waals surface area contributed by atoms with E-state index >= 15 is 0 Å². The van der Waals surface area contributed by atoms with Gasteiger partial charge in [-0.1, -0.05) is 12.1 Å². The predicted octanol–water partition coefficient (Wildman–Crippen LogP) is 3.04. The summed E-state index contributed by atoms with van der Waals surface area (Å²) in [5.74, 6) is 0.326. The number of aliphatic hydroxyl groups excluding tert-OH is 1. The van der Waals surface area contributed by atoms with Crippen LogP contribution in [0.3, 0.4) is 0 Å². The molecule has 1 heterocycles. The van der Waals surface area contributed by atoms with Gasteiger partial charge in [0.1, 0.15) is 5.82 Å². The van der Waals surface area contributed by atoms with E-state index in [9.17, 15) is 9.50 Å². The number of halogens is 2. The number of guanidine groups is 1. The fourth-order valence-electron chi connectivity index (χ4n) is 2.14. The molecule has 25 heavy (non-hydrogen) atoms. The highest BCUT2D eigenvalue weighted by molar-refractivity contribution is 14.0. The summed E-state index contributed by atoms with van der Waals surface area (Å²) in [5.41, 5.74) is 1.71. The van der Waals surface area contributed by atoms with Crippen molar-refractivity contribution in [3.05, 3.63) is 51.7 Å². The van der Waals surface area contributed by atoms with Gasteiger partial charge in [0.05, 0.1) is 23.4 Å². The van der Waals surface area contributed by atoms with Gasteiger partial charge in [0.2, 0.25) is 0 Å². The highest BCUT2D eigenvalue weighted by Crippen LogP contribution is 2.13. The van der Waals surface area contributed by atoms with Gasteiger partial charge in [0.25, 0.3) is 0 Å². The van der Waals surface area contributed by atoms with Crippen molar-refractivity contribution >= 4 is 41.3 Å². The zero-order chi connectivity index (χ0) is 17.4. The van der Waals surface area contributed by atoms with E-state index in [1.54, 1.807) is 23.5 Å². The van der Waals surface area contributed by atoms with Gasteiger partial charge in [-0.25, -0.2) is 9.37 Å². The molecule has 0 aliphatic carbocycles. The van der Waals surface area contributed by atoms with Crippen LogP contribution in [0.2, 0.25) is 0 Å². The van der Waals surface area contributed by atoms with Crippen molar-refractivity contribution in [2.45, 2.75) is 26.4 Å². The van der Waals surface area contributed by atoms with E-state index < -0.39 is 6.10 Å². The Balaban J connectivity index is 0.00000312. The van der Waals surface area contributed by atoms with Crippen molar-refractivity contribution in [3.8, 4) is 0 Å². The molecule has 0 aliphatic heterocycles. The average molecular weight is 478 g/mol. The van der Waals surface area contributed by atoms with Crippen LogP contribution < -0.4 is 10.6 Å². The monoisotopic (exact) mass is 478 g/mol. The Morgan fingerprint density at radius 3 is 2.64 bits per heavy atom. The molecule has 0 amide bonds. The number of rotatable bonds is 7. The Labute approximate surface area is 168 Å². The quantitative estimate of drug-likeness (QED) is 0.325. The first-order valence-electron chi connectivity index (χ1n) is 7.95. The standard InChI is InChI=1S/C17H23FN4OS.HI/c1-3-19-17(20-9-8-15-11-24-12(2)22-15)21-10-16(23)13-4-6-14(18)7-5-13;/h4-7,11,16,23H,3,8-10H2,1-2H3,(H2,19,20,21);1H. The van der Waals surface area contributed by atoms with E-state index in [-0.39, 0.29) is 36.3 Å². The molecule has 8 heteroatoms. The molecule has 1 unspecified atom stereocenters. The van der Waals surface area contributed by atoms with E-state index in [1.165, 1.54) is 12.1 Å². The highest BCUT2D eigenvalue weighted by Gasteiger charge is 2.08. The minimum absolute atomic E-state index is 0. The first kappa shape index (κ1) is 21.8. The molecule has 0 saturated carbocycles. The largest absolute Gasteiger partial charge is 0.386 e. The number of aliphatic hydroxyl groups is 1. The summed E-state index contributed by atoms with van der Waals surface area (Å²) in [6, 6.07) is 5.81. The van der Waals surface area contributed by atoms with Crippen molar-refractivity contribution in [3.63, 3.8) is 0 Å². The molecule has 3 N–H and O–H groups in total. The molecule has 0 fully saturated rings. The molecule has 1 atom stereocenters. The first-order chi connectivity index (χ1) is 11.6. The van der Waals surface area contributed by atoms with Gasteiger partial charge in [-0.2, -0.15) is 0 Å². The fraction of sp³-hybridized carbons (Fsp3) is 0.412. The second kappa shape index (κ2) is 11.4. The van der Waals surface area contributed by atoms with Crippen LogP contribution in [-0.4, -0.2) is 35.7 Å². The van der Waals surface area contributed by atoms with Gasteiger partial charge in [-0.15, -0.1) is 35.3 Å². The van der Waals surface area contributed by atoms with Crippen LogP contribution >= 0.6 is 35.3 Å². The Morgan fingerprint density at radius 2 is 2.04 bits per heavy atom. The number of nitrogens with zero attached hydrogens (tertiary/aromatic N) is 2. The molecule has 0 radical (unpaired) electrons. The lowest BCUT2D eigenvalue weighted by Crippen LogP contribution is -2.38. The van der Waals surface area contributed by atoms with Crippen molar-refractivity contribution in [2.24, 2.45) is 4.99 Å². The molecule has 0 saturated heterocycles. The lowest BCUT2D eigenvalue weighted by Gasteiger charge is -2.13. The number of aromatic nitrogens is 1. The van der Waals surface area contributed by atoms with Crippen LogP contribution in [0.25, 0.3) is 0 Å². The van der Waals surface area contributed by atoms with Crippen LogP contribution in [0.1, 0.15) is 29.3 Å². The zero-order valence-electron chi connectivity index (χ0n) is 14.3. The van der Waals surface area contributed by atoms with E-state index in [1.807, 2.05) is 13.8 Å². The Kier molecular flexibility index (Phi) is 9.91. The third kappa shape index (κ3) is 7.66. The molecule has 1 aromatic heterocycles. The van der Waals surface area contributed by atoms with Gasteiger partial charge < -0.3 is 15.7 Å². The number of benzene rings is 1. The SMILES string of the molecule is CCNC(=NCC(O)c1ccc(F)cc1)NCCc1csc(C)n1.I. The van der Waals surface area contributed by atoms with Crippen molar-refractivity contribution < 1.29 is 9.50 Å². The van der Waals surface area contributed by atoms with Crippen molar-refractivity contribution in [2.75, 3.05) is 19.6 Å². The zero-order valence-corrected chi connectivity index (χ0v) is 17.5. The first-order valence-corrected chi connectivity index (χ1v) is 8.83. The van der Waals surface area contributed by atoms with E-state index in [2.05, 4.69) is 26.0 Å². The summed E-state index contributed by atoms with van der Waals surface area (Å²) in [7, 11) is 0. The summed E-state index contributed by atoms with van der Waals surface area (Å²) in [5, 5.41) is 19.6. The molecule has 0 aliphatic rings. The molecular formula is C17H24FIN4OS. The average Bonchev–Trinajstić information content (AvgIpc) is 2.98. The summed E-state index contributed by atoms with van der Waals surface area (Å²) in [4.78, 5) is 8.80.